The molecule has 1 fully saturated rings. The van der Waals surface area contributed by atoms with E-state index in [1.54, 1.807) is 0 Å². The second kappa shape index (κ2) is 5.15. The highest BCUT2D eigenvalue weighted by Gasteiger charge is 2.22. The zero-order chi connectivity index (χ0) is 8.81. The molecule has 1 rings (SSSR count). The van der Waals surface area contributed by atoms with Gasteiger partial charge in [-0.25, -0.2) is 0 Å². The van der Waals surface area contributed by atoms with E-state index >= 15 is 0 Å². The zero-order valence-electron chi connectivity index (χ0n) is 7.67. The first-order valence-electron chi connectivity index (χ1n) is 4.73. The molecule has 0 heterocycles. The van der Waals surface area contributed by atoms with Gasteiger partial charge in [0.15, 0.2) is 0 Å². The maximum Gasteiger partial charge on any atom is 0.0648 e. The molecule has 0 spiro atoms. The Kier molecular flexibility index (Phi) is 4.09. The van der Waals surface area contributed by atoms with E-state index in [2.05, 4.69) is 13.2 Å². The number of hydrogen-bond donors (Lipinski definition) is 0. The summed E-state index contributed by atoms with van der Waals surface area (Å²) in [6.45, 7) is 8.16. The van der Waals surface area contributed by atoms with Crippen molar-refractivity contribution < 1.29 is 4.74 Å². The topological polar surface area (TPSA) is 9.23 Å². The third-order valence-corrected chi connectivity index (χ3v) is 2.48. The largest absolute Gasteiger partial charge is 0.374 e. The highest BCUT2D eigenvalue weighted by Crippen LogP contribution is 2.27. The van der Waals surface area contributed by atoms with Crippen molar-refractivity contribution in [1.82, 2.24) is 0 Å². The first-order chi connectivity index (χ1) is 5.88. The second-order valence-electron chi connectivity index (χ2n) is 3.34. The normalized spacial score (nSPS) is 29.7. The van der Waals surface area contributed by atoms with Crippen molar-refractivity contribution in [1.29, 1.82) is 0 Å². The summed E-state index contributed by atoms with van der Waals surface area (Å²) in [4.78, 5) is 0. The standard InChI is InChI=1S/C11H18O/c1-3-9-12-11-8-6-5-7-10(11)4-2/h3-4,10-11H,1-2,5-9H2. The summed E-state index contributed by atoms with van der Waals surface area (Å²) >= 11 is 0. The smallest absolute Gasteiger partial charge is 0.0648 e. The van der Waals surface area contributed by atoms with Crippen LogP contribution in [0.15, 0.2) is 25.3 Å². The van der Waals surface area contributed by atoms with Gasteiger partial charge in [0.2, 0.25) is 0 Å². The molecule has 0 N–H and O–H groups in total. The molecular formula is C11H18O. The molecule has 0 radical (unpaired) electrons. The molecule has 1 saturated carbocycles. The molecule has 0 aromatic carbocycles. The van der Waals surface area contributed by atoms with Crippen molar-refractivity contribution in [2.24, 2.45) is 5.92 Å². The summed E-state index contributed by atoms with van der Waals surface area (Å²) in [7, 11) is 0. The minimum Gasteiger partial charge on any atom is -0.374 e. The van der Waals surface area contributed by atoms with Gasteiger partial charge in [-0.1, -0.05) is 25.0 Å². The van der Waals surface area contributed by atoms with Crippen LogP contribution in [0.2, 0.25) is 0 Å². The van der Waals surface area contributed by atoms with Crippen LogP contribution in [-0.4, -0.2) is 12.7 Å². The van der Waals surface area contributed by atoms with Crippen LogP contribution in [-0.2, 0) is 4.74 Å². The minimum atomic E-state index is 0.397. The van der Waals surface area contributed by atoms with E-state index in [4.69, 9.17) is 4.74 Å². The first kappa shape index (κ1) is 9.53. The minimum absolute atomic E-state index is 0.397. The molecule has 2 atom stereocenters. The van der Waals surface area contributed by atoms with Crippen molar-refractivity contribution in [3.05, 3.63) is 25.3 Å². The Hall–Kier alpha value is -0.560. The number of hydrogen-bond acceptors (Lipinski definition) is 1. The highest BCUT2D eigenvalue weighted by atomic mass is 16.5. The fourth-order valence-corrected chi connectivity index (χ4v) is 1.79. The van der Waals surface area contributed by atoms with Gasteiger partial charge >= 0.3 is 0 Å². The molecule has 1 heteroatoms. The van der Waals surface area contributed by atoms with Gasteiger partial charge in [0, 0.05) is 5.92 Å². The lowest BCUT2D eigenvalue weighted by Crippen LogP contribution is -2.26. The van der Waals surface area contributed by atoms with Crippen molar-refractivity contribution in [2.45, 2.75) is 31.8 Å². The number of rotatable bonds is 4. The van der Waals surface area contributed by atoms with E-state index in [9.17, 15) is 0 Å². The van der Waals surface area contributed by atoms with Crippen LogP contribution >= 0.6 is 0 Å². The van der Waals surface area contributed by atoms with Crippen LogP contribution in [0, 0.1) is 5.92 Å². The molecule has 1 aliphatic carbocycles. The molecule has 0 aliphatic heterocycles. The van der Waals surface area contributed by atoms with Gasteiger partial charge in [-0.15, -0.1) is 13.2 Å². The Morgan fingerprint density at radius 1 is 1.25 bits per heavy atom. The fourth-order valence-electron chi connectivity index (χ4n) is 1.79. The Balaban J connectivity index is 2.35. The number of ether oxygens (including phenoxy) is 1. The third kappa shape index (κ3) is 2.49. The van der Waals surface area contributed by atoms with Crippen LogP contribution in [0.5, 0.6) is 0 Å². The van der Waals surface area contributed by atoms with E-state index in [0.717, 1.165) is 0 Å². The van der Waals surface area contributed by atoms with Gasteiger partial charge in [-0.05, 0) is 12.8 Å². The molecule has 12 heavy (non-hydrogen) atoms. The van der Waals surface area contributed by atoms with E-state index < -0.39 is 0 Å². The van der Waals surface area contributed by atoms with Gasteiger partial charge < -0.3 is 4.74 Å². The van der Waals surface area contributed by atoms with Crippen LogP contribution < -0.4 is 0 Å². The monoisotopic (exact) mass is 166 g/mol. The molecule has 1 nitrogen and oxygen atoms in total. The maximum absolute atomic E-state index is 5.65. The molecule has 0 aromatic rings. The van der Waals surface area contributed by atoms with Crippen LogP contribution in [0.25, 0.3) is 0 Å². The van der Waals surface area contributed by atoms with Gasteiger partial charge in [-0.2, -0.15) is 0 Å². The summed E-state index contributed by atoms with van der Waals surface area (Å²) < 4.78 is 5.65. The van der Waals surface area contributed by atoms with E-state index in [1.807, 2.05) is 12.2 Å². The van der Waals surface area contributed by atoms with Gasteiger partial charge in [-0.3, -0.25) is 0 Å². The summed E-state index contributed by atoms with van der Waals surface area (Å²) in [6, 6.07) is 0. The van der Waals surface area contributed by atoms with Gasteiger partial charge in [0.1, 0.15) is 0 Å². The van der Waals surface area contributed by atoms with Crippen LogP contribution in [0.3, 0.4) is 0 Å². The lowest BCUT2D eigenvalue weighted by molar-refractivity contribution is 0.0200. The fraction of sp³-hybridized carbons (Fsp3) is 0.636. The Morgan fingerprint density at radius 2 is 2.00 bits per heavy atom. The van der Waals surface area contributed by atoms with Gasteiger partial charge in [0.25, 0.3) is 0 Å². The summed E-state index contributed by atoms with van der Waals surface area (Å²) in [5.74, 6) is 0.568. The summed E-state index contributed by atoms with van der Waals surface area (Å²) in [6.07, 6.45) is 9.29. The van der Waals surface area contributed by atoms with Crippen LogP contribution in [0.4, 0.5) is 0 Å². The molecule has 0 saturated heterocycles. The van der Waals surface area contributed by atoms with Crippen molar-refractivity contribution in [3.8, 4) is 0 Å². The van der Waals surface area contributed by atoms with Crippen molar-refractivity contribution >= 4 is 0 Å². The second-order valence-corrected chi connectivity index (χ2v) is 3.34. The SMILES string of the molecule is C=CCOC1CCCCC1C=C. The average molecular weight is 166 g/mol. The molecule has 0 bridgehead atoms. The average Bonchev–Trinajstić information content (AvgIpc) is 2.15. The van der Waals surface area contributed by atoms with Gasteiger partial charge in [0.05, 0.1) is 12.7 Å². The van der Waals surface area contributed by atoms with Crippen molar-refractivity contribution in [2.75, 3.05) is 6.61 Å². The molecule has 0 aromatic heterocycles. The first-order valence-corrected chi connectivity index (χ1v) is 4.73. The Labute approximate surface area is 75.1 Å². The highest BCUT2D eigenvalue weighted by molar-refractivity contribution is 4.88. The predicted molar refractivity (Wildman–Crippen MR) is 52.1 cm³/mol. The van der Waals surface area contributed by atoms with E-state index in [-0.39, 0.29) is 0 Å². The molecule has 68 valence electrons. The third-order valence-electron chi connectivity index (χ3n) is 2.48. The van der Waals surface area contributed by atoms with E-state index in [1.165, 1.54) is 25.7 Å². The van der Waals surface area contributed by atoms with Crippen molar-refractivity contribution in [3.63, 3.8) is 0 Å². The quantitative estimate of drug-likeness (QED) is 0.583. The molecular weight excluding hydrogens is 148 g/mol. The molecule has 0 amide bonds. The summed E-state index contributed by atoms with van der Waals surface area (Å²) in [5, 5.41) is 0. The van der Waals surface area contributed by atoms with Crippen LogP contribution in [0.1, 0.15) is 25.7 Å². The molecule has 1 aliphatic rings. The molecule has 2 unspecified atom stereocenters. The predicted octanol–water partition coefficient (Wildman–Crippen LogP) is 2.93. The Morgan fingerprint density at radius 3 is 2.67 bits per heavy atom. The zero-order valence-corrected chi connectivity index (χ0v) is 7.67. The lowest BCUT2D eigenvalue weighted by Gasteiger charge is -2.28. The Bertz CT molecular complexity index is 151. The lowest BCUT2D eigenvalue weighted by atomic mass is 9.86. The van der Waals surface area contributed by atoms with E-state index in [0.29, 0.717) is 18.6 Å². The maximum atomic E-state index is 5.65. The summed E-state index contributed by atoms with van der Waals surface area (Å²) in [5.41, 5.74) is 0.